The van der Waals surface area contributed by atoms with Gasteiger partial charge in [-0.3, -0.25) is 24.6 Å². The summed E-state index contributed by atoms with van der Waals surface area (Å²) in [6, 6.07) is 10.7. The Morgan fingerprint density at radius 2 is 1.78 bits per heavy atom. The maximum Gasteiger partial charge on any atom is 0.254 e. The number of amides is 3. The van der Waals surface area contributed by atoms with Gasteiger partial charge in [0.25, 0.3) is 5.91 Å². The van der Waals surface area contributed by atoms with Crippen LogP contribution >= 0.6 is 11.6 Å². The molecule has 37 heavy (non-hydrogen) atoms. The number of halogens is 2. The average molecular weight is 522 g/mol. The average Bonchev–Trinajstić information content (AvgIpc) is 3.56. The molecule has 2 radical (unpaired) electrons. The molecule has 3 fully saturated rings. The molecule has 2 unspecified atom stereocenters. The number of fused-ring (bicyclic) bond motifs is 1. The smallest absolute Gasteiger partial charge is 0.254 e. The molecule has 1 aliphatic carbocycles. The third-order valence-corrected chi connectivity index (χ3v) is 8.96. The van der Waals surface area contributed by atoms with Gasteiger partial charge in [-0.1, -0.05) is 29.8 Å². The Morgan fingerprint density at radius 1 is 1.05 bits per heavy atom. The SMILES string of the molecule is [B]C1(N2Cc3c(ccc(C4(O)CCN(Cc5ccc(Cl)cc5)CC45CC5)c3F)C2=O)CCC(=O)NC1=O. The zero-order valence-corrected chi connectivity index (χ0v) is 21.0. The summed E-state index contributed by atoms with van der Waals surface area (Å²) in [7, 11) is 6.29. The fourth-order valence-electron chi connectivity index (χ4n) is 6.31. The molecule has 2 aromatic rings. The van der Waals surface area contributed by atoms with Gasteiger partial charge < -0.3 is 10.0 Å². The van der Waals surface area contributed by atoms with Crippen molar-refractivity contribution in [2.24, 2.45) is 5.41 Å². The van der Waals surface area contributed by atoms with Crippen molar-refractivity contribution in [1.82, 2.24) is 15.1 Å². The van der Waals surface area contributed by atoms with Crippen LogP contribution in [0.4, 0.5) is 4.39 Å². The zero-order chi connectivity index (χ0) is 26.2. The maximum atomic E-state index is 16.1. The lowest BCUT2D eigenvalue weighted by Gasteiger charge is -2.46. The summed E-state index contributed by atoms with van der Waals surface area (Å²) in [6.45, 7) is 1.74. The van der Waals surface area contributed by atoms with Gasteiger partial charge in [0.2, 0.25) is 11.8 Å². The number of carbonyl (C=O) groups is 3. The molecule has 10 heteroatoms. The van der Waals surface area contributed by atoms with Crippen LogP contribution in [0.15, 0.2) is 36.4 Å². The molecule has 190 valence electrons. The second kappa shape index (κ2) is 8.38. The predicted octanol–water partition coefficient (Wildman–Crippen LogP) is 2.61. The van der Waals surface area contributed by atoms with Gasteiger partial charge in [-0.15, -0.1) is 0 Å². The molecule has 2 saturated heterocycles. The first kappa shape index (κ1) is 24.6. The lowest BCUT2D eigenvalue weighted by molar-refractivity contribution is -0.138. The van der Waals surface area contributed by atoms with Gasteiger partial charge in [0, 0.05) is 59.7 Å². The lowest BCUT2D eigenvalue weighted by Crippen LogP contribution is -2.63. The molecule has 7 nitrogen and oxygen atoms in total. The van der Waals surface area contributed by atoms with Crippen molar-refractivity contribution in [1.29, 1.82) is 0 Å². The Balaban J connectivity index is 1.26. The first-order valence-electron chi connectivity index (χ1n) is 12.5. The van der Waals surface area contributed by atoms with E-state index in [1.807, 2.05) is 24.3 Å². The fourth-order valence-corrected chi connectivity index (χ4v) is 6.44. The Hall–Kier alpha value is -2.75. The Kier molecular flexibility index (Phi) is 5.57. The van der Waals surface area contributed by atoms with Crippen LogP contribution in [-0.2, 0) is 28.3 Å². The highest BCUT2D eigenvalue weighted by molar-refractivity contribution is 6.32. The molecule has 1 saturated carbocycles. The van der Waals surface area contributed by atoms with E-state index in [4.69, 9.17) is 19.4 Å². The summed E-state index contributed by atoms with van der Waals surface area (Å²) in [5.41, 5.74) is -2.00. The van der Waals surface area contributed by atoms with Crippen LogP contribution in [0.2, 0.25) is 5.02 Å². The molecule has 2 atom stereocenters. The molecule has 2 N–H and O–H groups in total. The molecule has 2 aromatic carbocycles. The minimum absolute atomic E-state index is 0.00904. The molecule has 3 heterocycles. The number of hydrogen-bond donors (Lipinski definition) is 2. The summed E-state index contributed by atoms with van der Waals surface area (Å²) in [4.78, 5) is 40.7. The zero-order valence-electron chi connectivity index (χ0n) is 20.2. The van der Waals surface area contributed by atoms with Crippen molar-refractivity contribution in [3.05, 3.63) is 69.5 Å². The van der Waals surface area contributed by atoms with Crippen LogP contribution < -0.4 is 5.32 Å². The van der Waals surface area contributed by atoms with E-state index in [1.165, 1.54) is 12.1 Å². The summed E-state index contributed by atoms with van der Waals surface area (Å²) in [5.74, 6) is -2.40. The molecule has 6 rings (SSSR count). The van der Waals surface area contributed by atoms with Gasteiger partial charge in [-0.2, -0.15) is 0 Å². The highest BCUT2D eigenvalue weighted by atomic mass is 35.5. The fraction of sp³-hybridized carbons (Fsp3) is 0.444. The minimum atomic E-state index is -1.74. The van der Waals surface area contributed by atoms with Crippen molar-refractivity contribution in [3.63, 3.8) is 0 Å². The first-order valence-corrected chi connectivity index (χ1v) is 12.9. The van der Waals surface area contributed by atoms with E-state index in [9.17, 15) is 19.5 Å². The third kappa shape index (κ3) is 3.74. The Labute approximate surface area is 220 Å². The van der Waals surface area contributed by atoms with Crippen molar-refractivity contribution >= 4 is 37.2 Å². The van der Waals surface area contributed by atoms with Gasteiger partial charge in [0.15, 0.2) is 0 Å². The van der Waals surface area contributed by atoms with Crippen LogP contribution in [-0.4, -0.2) is 59.0 Å². The monoisotopic (exact) mass is 521 g/mol. The number of nitrogens with zero attached hydrogens (tertiary/aromatic N) is 2. The lowest BCUT2D eigenvalue weighted by atomic mass is 9.70. The summed E-state index contributed by atoms with van der Waals surface area (Å²) >= 11 is 6.01. The molecule has 1 spiro atoms. The van der Waals surface area contributed by atoms with Crippen LogP contribution in [0.5, 0.6) is 0 Å². The highest BCUT2D eigenvalue weighted by Gasteiger charge is 2.63. The summed E-state index contributed by atoms with van der Waals surface area (Å²) in [6.07, 6.45) is 1.87. The third-order valence-electron chi connectivity index (χ3n) is 8.71. The van der Waals surface area contributed by atoms with E-state index >= 15 is 4.39 Å². The molecule has 0 aromatic heterocycles. The molecule has 3 aliphatic heterocycles. The van der Waals surface area contributed by atoms with Crippen LogP contribution in [0, 0.1) is 11.2 Å². The van der Waals surface area contributed by atoms with Gasteiger partial charge in [-0.25, -0.2) is 4.39 Å². The second-order valence-corrected chi connectivity index (χ2v) is 11.3. The van der Waals surface area contributed by atoms with Crippen LogP contribution in [0.1, 0.15) is 59.2 Å². The van der Waals surface area contributed by atoms with Gasteiger partial charge in [-0.05, 0) is 49.4 Å². The first-order chi connectivity index (χ1) is 17.6. The maximum absolute atomic E-state index is 16.1. The van der Waals surface area contributed by atoms with Crippen molar-refractivity contribution in [2.45, 2.75) is 56.2 Å². The number of rotatable bonds is 4. The molecular weight excluding hydrogens is 496 g/mol. The molecule has 4 aliphatic rings. The van der Waals surface area contributed by atoms with Crippen molar-refractivity contribution in [2.75, 3.05) is 13.1 Å². The topological polar surface area (TPSA) is 89.9 Å². The van der Waals surface area contributed by atoms with Gasteiger partial charge in [0.05, 0.1) is 5.44 Å². The van der Waals surface area contributed by atoms with E-state index in [-0.39, 0.29) is 36.1 Å². The van der Waals surface area contributed by atoms with E-state index < -0.39 is 40.0 Å². The van der Waals surface area contributed by atoms with E-state index in [0.29, 0.717) is 31.1 Å². The molecular formula is C27H26BClFN3O4. The minimum Gasteiger partial charge on any atom is -0.384 e. The summed E-state index contributed by atoms with van der Waals surface area (Å²) in [5, 5.41) is 14.8. The predicted molar refractivity (Wildman–Crippen MR) is 134 cm³/mol. The van der Waals surface area contributed by atoms with Crippen LogP contribution in [0.25, 0.3) is 0 Å². The number of aliphatic hydroxyl groups is 1. The summed E-state index contributed by atoms with van der Waals surface area (Å²) < 4.78 is 16.1. The molecule has 0 bridgehead atoms. The number of nitrogens with one attached hydrogen (secondary N) is 1. The van der Waals surface area contributed by atoms with E-state index in [0.717, 1.165) is 23.3 Å². The number of likely N-dealkylation sites (tertiary alicyclic amines) is 1. The van der Waals surface area contributed by atoms with E-state index in [1.54, 1.807) is 0 Å². The standard InChI is InChI=1S/C27H26BClFN3O4/c28-27(8-7-21(34)31-24(27)36)33-14-19-18(23(33)35)5-6-20(22(19)30)26(37)11-12-32(15-25(26)9-10-25)13-16-1-3-17(29)4-2-16/h1-6,37H,7-15H2,(H,31,34,36). The second-order valence-electron chi connectivity index (χ2n) is 10.9. The number of piperidine rings is 2. The Bertz CT molecular complexity index is 1330. The Morgan fingerprint density at radius 3 is 2.46 bits per heavy atom. The number of benzene rings is 2. The van der Waals surface area contributed by atoms with Gasteiger partial charge >= 0.3 is 0 Å². The largest absolute Gasteiger partial charge is 0.384 e. The van der Waals surface area contributed by atoms with E-state index in [2.05, 4.69) is 10.2 Å². The normalized spacial score (nSPS) is 28.9. The quantitative estimate of drug-likeness (QED) is 0.477. The highest BCUT2D eigenvalue weighted by Crippen LogP contribution is 2.62. The number of imide groups is 1. The number of hydrogen-bond acceptors (Lipinski definition) is 5. The van der Waals surface area contributed by atoms with Crippen LogP contribution in [0.3, 0.4) is 0 Å². The molecule has 3 amide bonds. The number of carbonyl (C=O) groups excluding carboxylic acids is 3. The van der Waals surface area contributed by atoms with Gasteiger partial charge in [0.1, 0.15) is 19.3 Å². The van der Waals surface area contributed by atoms with Crippen molar-refractivity contribution in [3.8, 4) is 0 Å². The van der Waals surface area contributed by atoms with Crippen molar-refractivity contribution < 1.29 is 23.9 Å².